The molecule has 1 heterocycles. The zero-order chi connectivity index (χ0) is 16.7. The molecule has 0 bridgehead atoms. The average molecular weight is 316 g/mol. The van der Waals surface area contributed by atoms with Crippen LogP contribution in [-0.4, -0.2) is 23.1 Å². The standard InChI is InChI=1S/C18H25FN4/c1-4-10-23(11-5-2)18-21-14(3)12-17(22-18)20-13-15-6-8-16(19)9-7-15/h6-9,12H,4-5,10-11,13H2,1-3H3,(H,20,21,22). The van der Waals surface area contributed by atoms with Crippen LogP contribution < -0.4 is 10.2 Å². The Bertz CT molecular complexity index is 607. The first-order chi connectivity index (χ1) is 11.1. The molecule has 0 spiro atoms. The van der Waals surface area contributed by atoms with E-state index >= 15 is 0 Å². The van der Waals surface area contributed by atoms with Crippen LogP contribution in [0.3, 0.4) is 0 Å². The summed E-state index contributed by atoms with van der Waals surface area (Å²) in [6.07, 6.45) is 2.13. The predicted molar refractivity (Wildman–Crippen MR) is 93.3 cm³/mol. The Hall–Kier alpha value is -2.17. The summed E-state index contributed by atoms with van der Waals surface area (Å²) in [5.41, 5.74) is 1.96. The lowest BCUT2D eigenvalue weighted by molar-refractivity contribution is 0.627. The van der Waals surface area contributed by atoms with Gasteiger partial charge in [-0.2, -0.15) is 4.98 Å². The molecule has 5 heteroatoms. The van der Waals surface area contributed by atoms with Crippen LogP contribution in [0.15, 0.2) is 30.3 Å². The van der Waals surface area contributed by atoms with Crippen molar-refractivity contribution in [1.29, 1.82) is 0 Å². The third kappa shape index (κ3) is 5.20. The molecule has 0 saturated heterocycles. The predicted octanol–water partition coefficient (Wildman–Crippen LogP) is 4.16. The van der Waals surface area contributed by atoms with Gasteiger partial charge in [0, 0.05) is 31.4 Å². The lowest BCUT2D eigenvalue weighted by atomic mass is 10.2. The van der Waals surface area contributed by atoms with E-state index in [2.05, 4.69) is 34.0 Å². The largest absolute Gasteiger partial charge is 0.366 e. The van der Waals surface area contributed by atoms with Gasteiger partial charge in [-0.15, -0.1) is 0 Å². The normalized spacial score (nSPS) is 10.6. The van der Waals surface area contributed by atoms with Crippen molar-refractivity contribution < 1.29 is 4.39 Å². The Morgan fingerprint density at radius 1 is 1.04 bits per heavy atom. The molecule has 0 fully saturated rings. The van der Waals surface area contributed by atoms with Crippen molar-refractivity contribution in [3.8, 4) is 0 Å². The number of hydrogen-bond acceptors (Lipinski definition) is 4. The number of nitrogens with one attached hydrogen (secondary N) is 1. The molecule has 0 unspecified atom stereocenters. The third-order valence-electron chi connectivity index (χ3n) is 3.50. The van der Waals surface area contributed by atoms with Gasteiger partial charge in [-0.3, -0.25) is 0 Å². The Balaban J connectivity index is 2.11. The maximum absolute atomic E-state index is 12.9. The summed E-state index contributed by atoms with van der Waals surface area (Å²) in [7, 11) is 0. The number of benzene rings is 1. The van der Waals surface area contributed by atoms with E-state index in [1.54, 1.807) is 12.1 Å². The van der Waals surface area contributed by atoms with Crippen LogP contribution in [0, 0.1) is 12.7 Å². The molecule has 1 aromatic heterocycles. The highest BCUT2D eigenvalue weighted by Crippen LogP contribution is 2.15. The number of nitrogens with zero attached hydrogens (tertiary/aromatic N) is 3. The van der Waals surface area contributed by atoms with Gasteiger partial charge >= 0.3 is 0 Å². The van der Waals surface area contributed by atoms with Crippen molar-refractivity contribution in [3.05, 3.63) is 47.4 Å². The number of anilines is 2. The monoisotopic (exact) mass is 316 g/mol. The molecule has 0 radical (unpaired) electrons. The minimum absolute atomic E-state index is 0.219. The fourth-order valence-corrected chi connectivity index (χ4v) is 2.43. The zero-order valence-electron chi connectivity index (χ0n) is 14.1. The first kappa shape index (κ1) is 17.2. The Morgan fingerprint density at radius 3 is 2.30 bits per heavy atom. The molecule has 124 valence electrons. The number of rotatable bonds is 8. The van der Waals surface area contributed by atoms with Crippen molar-refractivity contribution in [3.63, 3.8) is 0 Å². The molecule has 0 atom stereocenters. The summed E-state index contributed by atoms with van der Waals surface area (Å²) in [6, 6.07) is 8.43. The van der Waals surface area contributed by atoms with Gasteiger partial charge in [0.15, 0.2) is 0 Å². The van der Waals surface area contributed by atoms with Crippen LogP contribution >= 0.6 is 0 Å². The topological polar surface area (TPSA) is 41.1 Å². The molecule has 4 nitrogen and oxygen atoms in total. The Labute approximate surface area is 137 Å². The lowest BCUT2D eigenvalue weighted by Gasteiger charge is -2.22. The van der Waals surface area contributed by atoms with Crippen molar-refractivity contribution >= 4 is 11.8 Å². The SMILES string of the molecule is CCCN(CCC)c1nc(C)cc(NCc2ccc(F)cc2)n1. The summed E-state index contributed by atoms with van der Waals surface area (Å²) >= 11 is 0. The van der Waals surface area contributed by atoms with Gasteiger partial charge in [0.2, 0.25) is 5.95 Å². The number of aryl methyl sites for hydroxylation is 1. The highest BCUT2D eigenvalue weighted by molar-refractivity contribution is 5.44. The van der Waals surface area contributed by atoms with E-state index in [-0.39, 0.29) is 5.82 Å². The van der Waals surface area contributed by atoms with E-state index < -0.39 is 0 Å². The summed E-state index contributed by atoms with van der Waals surface area (Å²) in [5, 5.41) is 3.30. The first-order valence-electron chi connectivity index (χ1n) is 8.21. The summed E-state index contributed by atoms with van der Waals surface area (Å²) in [5.74, 6) is 1.35. The van der Waals surface area contributed by atoms with Crippen LogP contribution in [0.25, 0.3) is 0 Å². The fourth-order valence-electron chi connectivity index (χ4n) is 2.43. The zero-order valence-corrected chi connectivity index (χ0v) is 14.1. The summed E-state index contributed by atoms with van der Waals surface area (Å²) in [4.78, 5) is 11.4. The number of aromatic nitrogens is 2. The van der Waals surface area contributed by atoms with Crippen LogP contribution in [0.2, 0.25) is 0 Å². The van der Waals surface area contributed by atoms with Crippen molar-refractivity contribution in [2.24, 2.45) is 0 Å². The van der Waals surface area contributed by atoms with Crippen molar-refractivity contribution in [2.45, 2.75) is 40.2 Å². The smallest absolute Gasteiger partial charge is 0.227 e. The summed E-state index contributed by atoms with van der Waals surface area (Å²) in [6.45, 7) is 8.81. The molecular formula is C18H25FN4. The third-order valence-corrected chi connectivity index (χ3v) is 3.50. The maximum atomic E-state index is 12.9. The lowest BCUT2D eigenvalue weighted by Crippen LogP contribution is -2.27. The summed E-state index contributed by atoms with van der Waals surface area (Å²) < 4.78 is 12.9. The van der Waals surface area contributed by atoms with Gasteiger partial charge in [0.05, 0.1) is 0 Å². The van der Waals surface area contributed by atoms with E-state index in [0.717, 1.165) is 49.0 Å². The number of halogens is 1. The second-order valence-electron chi connectivity index (χ2n) is 5.66. The van der Waals surface area contributed by atoms with E-state index in [9.17, 15) is 4.39 Å². The number of hydrogen-bond donors (Lipinski definition) is 1. The van der Waals surface area contributed by atoms with Gasteiger partial charge in [-0.05, 0) is 37.5 Å². The van der Waals surface area contributed by atoms with E-state index in [1.165, 1.54) is 12.1 Å². The van der Waals surface area contributed by atoms with E-state index in [1.807, 2.05) is 13.0 Å². The highest BCUT2D eigenvalue weighted by Gasteiger charge is 2.10. The molecule has 0 aliphatic heterocycles. The first-order valence-corrected chi connectivity index (χ1v) is 8.21. The van der Waals surface area contributed by atoms with Gasteiger partial charge in [0.25, 0.3) is 0 Å². The van der Waals surface area contributed by atoms with Crippen LogP contribution in [-0.2, 0) is 6.54 Å². The van der Waals surface area contributed by atoms with Crippen molar-refractivity contribution in [1.82, 2.24) is 9.97 Å². The second kappa shape index (κ2) is 8.46. The van der Waals surface area contributed by atoms with Gasteiger partial charge in [-0.1, -0.05) is 26.0 Å². The highest BCUT2D eigenvalue weighted by atomic mass is 19.1. The Morgan fingerprint density at radius 2 is 1.70 bits per heavy atom. The van der Waals surface area contributed by atoms with Crippen LogP contribution in [0.5, 0.6) is 0 Å². The molecule has 0 aliphatic carbocycles. The molecule has 2 aromatic rings. The van der Waals surface area contributed by atoms with E-state index in [4.69, 9.17) is 0 Å². The fraction of sp³-hybridized carbons (Fsp3) is 0.444. The Kier molecular flexibility index (Phi) is 6.32. The molecule has 23 heavy (non-hydrogen) atoms. The van der Waals surface area contributed by atoms with E-state index in [0.29, 0.717) is 6.54 Å². The second-order valence-corrected chi connectivity index (χ2v) is 5.66. The average Bonchev–Trinajstić information content (AvgIpc) is 2.54. The van der Waals surface area contributed by atoms with Gasteiger partial charge in [0.1, 0.15) is 11.6 Å². The molecule has 2 rings (SSSR count). The van der Waals surface area contributed by atoms with Crippen LogP contribution in [0.4, 0.5) is 16.2 Å². The molecule has 0 amide bonds. The molecule has 1 aromatic carbocycles. The maximum Gasteiger partial charge on any atom is 0.227 e. The quantitative estimate of drug-likeness (QED) is 0.794. The van der Waals surface area contributed by atoms with Crippen LogP contribution in [0.1, 0.15) is 37.9 Å². The molecule has 0 aliphatic rings. The van der Waals surface area contributed by atoms with Gasteiger partial charge in [-0.25, -0.2) is 9.37 Å². The molecule has 0 saturated carbocycles. The molecule has 1 N–H and O–H groups in total. The molecular weight excluding hydrogens is 291 g/mol. The minimum Gasteiger partial charge on any atom is -0.366 e. The van der Waals surface area contributed by atoms with Crippen molar-refractivity contribution in [2.75, 3.05) is 23.3 Å². The minimum atomic E-state index is -0.219. The van der Waals surface area contributed by atoms with Gasteiger partial charge < -0.3 is 10.2 Å².